The van der Waals surface area contributed by atoms with Gasteiger partial charge in [0.1, 0.15) is 0 Å². The summed E-state index contributed by atoms with van der Waals surface area (Å²) in [6.45, 7) is 18.8. The lowest BCUT2D eigenvalue weighted by Crippen LogP contribution is -2.41. The van der Waals surface area contributed by atoms with Crippen LogP contribution < -0.4 is 0 Å². The minimum atomic E-state index is -0.144. The fourth-order valence-corrected chi connectivity index (χ4v) is 1.78. The van der Waals surface area contributed by atoms with Crippen LogP contribution in [0.2, 0.25) is 0 Å². The van der Waals surface area contributed by atoms with Crippen LogP contribution in [-0.4, -0.2) is 29.2 Å². The number of carbonyl (C=O) groups excluding carboxylic acids is 2. The highest BCUT2D eigenvalue weighted by molar-refractivity contribution is 5.88. The monoisotopic (exact) mass is 285 g/mol. The smallest absolute Gasteiger partial charge is 0.225 e. The number of hydrogen-bond acceptors (Lipinski definition) is 2. The number of ketones is 1. The Kier molecular flexibility index (Phi) is 10.7. The molecule has 1 rings (SSSR count). The molecule has 1 heterocycles. The van der Waals surface area contributed by atoms with Gasteiger partial charge in [-0.2, -0.15) is 0 Å². The predicted molar refractivity (Wildman–Crippen MR) is 86.7 cm³/mol. The molecule has 1 aliphatic rings. The van der Waals surface area contributed by atoms with Gasteiger partial charge in [0.15, 0.2) is 5.78 Å². The lowest BCUT2D eigenvalue weighted by atomic mass is 10.0. The highest BCUT2D eigenvalue weighted by atomic mass is 16.2. The Labute approximate surface area is 126 Å². The highest BCUT2D eigenvalue weighted by Crippen LogP contribution is 2.20. The Morgan fingerprint density at radius 1 is 1.10 bits per heavy atom. The molecule has 1 saturated heterocycles. The molecule has 1 fully saturated rings. The number of nitrogens with zero attached hydrogens (tertiary/aromatic N) is 1. The third kappa shape index (κ3) is 9.99. The van der Waals surface area contributed by atoms with Crippen molar-refractivity contribution >= 4 is 11.7 Å². The second-order valence-electron chi connectivity index (χ2n) is 6.96. The van der Waals surface area contributed by atoms with Crippen molar-refractivity contribution in [3.63, 3.8) is 0 Å². The van der Waals surface area contributed by atoms with E-state index in [0.717, 1.165) is 19.4 Å². The van der Waals surface area contributed by atoms with E-state index in [4.69, 9.17) is 0 Å². The third-order valence-electron chi connectivity index (χ3n) is 2.50. The Balaban J connectivity index is 0. The van der Waals surface area contributed by atoms with Gasteiger partial charge in [-0.05, 0) is 25.2 Å². The molecule has 0 aromatic carbocycles. The first-order valence-electron chi connectivity index (χ1n) is 7.85. The predicted octanol–water partition coefficient (Wildman–Crippen LogP) is 4.30. The van der Waals surface area contributed by atoms with Gasteiger partial charge in [0, 0.05) is 12.5 Å². The van der Waals surface area contributed by atoms with E-state index in [-0.39, 0.29) is 23.7 Å². The fraction of sp³-hybridized carbons (Fsp3) is 0.882. The van der Waals surface area contributed by atoms with Crippen LogP contribution in [0, 0.1) is 11.3 Å². The molecule has 3 nitrogen and oxygen atoms in total. The molecular weight excluding hydrogens is 250 g/mol. The number of rotatable bonds is 2. The van der Waals surface area contributed by atoms with Crippen molar-refractivity contribution in [2.24, 2.45) is 11.3 Å². The summed E-state index contributed by atoms with van der Waals surface area (Å²) in [6, 6.07) is -0.144. The van der Waals surface area contributed by atoms with E-state index in [1.807, 2.05) is 27.7 Å². The summed E-state index contributed by atoms with van der Waals surface area (Å²) in [5.74, 6) is 0.226. The van der Waals surface area contributed by atoms with E-state index in [0.29, 0.717) is 5.41 Å². The third-order valence-corrected chi connectivity index (χ3v) is 2.50. The normalized spacial score (nSPS) is 17.9. The van der Waals surface area contributed by atoms with Crippen LogP contribution in [-0.2, 0) is 9.59 Å². The molecule has 20 heavy (non-hydrogen) atoms. The van der Waals surface area contributed by atoms with Crippen molar-refractivity contribution in [1.82, 2.24) is 4.90 Å². The minimum absolute atomic E-state index is 0.0000463. The van der Waals surface area contributed by atoms with Crippen molar-refractivity contribution in [1.29, 1.82) is 0 Å². The first-order chi connectivity index (χ1) is 9.04. The molecule has 0 aromatic heterocycles. The van der Waals surface area contributed by atoms with Crippen molar-refractivity contribution < 1.29 is 9.59 Å². The average molecular weight is 285 g/mol. The summed E-state index contributed by atoms with van der Waals surface area (Å²) in [5.41, 5.74) is 0.500. The molecule has 0 aromatic rings. The zero-order valence-corrected chi connectivity index (χ0v) is 15.0. The maximum absolute atomic E-state index is 11.6. The Morgan fingerprint density at radius 3 is 1.80 bits per heavy atom. The number of hydrogen-bond donors (Lipinski definition) is 0. The van der Waals surface area contributed by atoms with Crippen LogP contribution >= 0.6 is 0 Å². The van der Waals surface area contributed by atoms with Crippen LogP contribution in [0.5, 0.6) is 0 Å². The van der Waals surface area contributed by atoms with E-state index in [2.05, 4.69) is 27.7 Å². The summed E-state index contributed by atoms with van der Waals surface area (Å²) in [4.78, 5) is 24.6. The summed E-state index contributed by atoms with van der Waals surface area (Å²) in [7, 11) is 0. The van der Waals surface area contributed by atoms with Crippen molar-refractivity contribution in [2.75, 3.05) is 6.54 Å². The number of carbonyl (C=O) groups is 2. The molecule has 120 valence electrons. The lowest BCUT2D eigenvalue weighted by molar-refractivity contribution is -0.139. The van der Waals surface area contributed by atoms with E-state index >= 15 is 0 Å². The van der Waals surface area contributed by atoms with Crippen molar-refractivity contribution in [2.45, 2.75) is 81.2 Å². The zero-order valence-electron chi connectivity index (χ0n) is 15.0. The minimum Gasteiger partial charge on any atom is -0.332 e. The number of amides is 1. The molecule has 0 spiro atoms. The Hall–Kier alpha value is -0.860. The van der Waals surface area contributed by atoms with Gasteiger partial charge >= 0.3 is 0 Å². The van der Waals surface area contributed by atoms with Gasteiger partial charge in [-0.1, -0.05) is 55.4 Å². The molecule has 1 aliphatic heterocycles. The molecule has 0 aliphatic carbocycles. The van der Waals surface area contributed by atoms with Crippen LogP contribution in [0.1, 0.15) is 75.2 Å². The topological polar surface area (TPSA) is 37.4 Å². The second-order valence-corrected chi connectivity index (χ2v) is 6.96. The van der Waals surface area contributed by atoms with Gasteiger partial charge in [-0.15, -0.1) is 0 Å². The summed E-state index contributed by atoms with van der Waals surface area (Å²) < 4.78 is 0. The summed E-state index contributed by atoms with van der Waals surface area (Å²) in [5, 5.41) is 0. The first kappa shape index (κ1) is 21.4. The van der Waals surface area contributed by atoms with E-state index < -0.39 is 0 Å². The fourth-order valence-electron chi connectivity index (χ4n) is 1.78. The quantitative estimate of drug-likeness (QED) is 0.758. The van der Waals surface area contributed by atoms with Gasteiger partial charge < -0.3 is 4.90 Å². The summed E-state index contributed by atoms with van der Waals surface area (Å²) >= 11 is 0. The average Bonchev–Trinajstić information content (AvgIpc) is 2.77. The molecule has 0 saturated carbocycles. The zero-order chi connectivity index (χ0) is 16.5. The van der Waals surface area contributed by atoms with Crippen molar-refractivity contribution in [3.8, 4) is 0 Å². The van der Waals surface area contributed by atoms with Crippen LogP contribution in [0.25, 0.3) is 0 Å². The Bertz CT molecular complexity index is 284. The van der Waals surface area contributed by atoms with Gasteiger partial charge in [-0.25, -0.2) is 0 Å². The number of likely N-dealkylation sites (tertiary alicyclic amines) is 1. The standard InChI is InChI=1S/C10H17NO2.C5H12.C2H6/c1-7(2)10(13)11-6-4-5-9(11)8(3)12;1-5(2,3)4;1-2/h7,9H,4-6H2,1-3H3;1-4H3;1-2H3. The van der Waals surface area contributed by atoms with Gasteiger partial charge in [-0.3, -0.25) is 9.59 Å². The molecule has 1 unspecified atom stereocenters. The van der Waals surface area contributed by atoms with Crippen LogP contribution in [0.15, 0.2) is 0 Å². The number of Topliss-reactive ketones (excluding diaryl/α,β-unsaturated/α-hetero) is 1. The molecule has 1 amide bonds. The molecule has 3 heteroatoms. The SMILES string of the molecule is CC.CC(=O)C1CCCN1C(=O)C(C)C.CC(C)(C)C. The van der Waals surface area contributed by atoms with Crippen LogP contribution in [0.4, 0.5) is 0 Å². The molecule has 0 radical (unpaired) electrons. The molecule has 0 N–H and O–H groups in total. The van der Waals surface area contributed by atoms with E-state index in [1.54, 1.807) is 11.8 Å². The maximum atomic E-state index is 11.6. The maximum Gasteiger partial charge on any atom is 0.225 e. The summed E-state index contributed by atoms with van der Waals surface area (Å²) in [6.07, 6.45) is 1.80. The van der Waals surface area contributed by atoms with Gasteiger partial charge in [0.05, 0.1) is 6.04 Å². The lowest BCUT2D eigenvalue weighted by Gasteiger charge is -2.24. The molecular formula is C17H35NO2. The van der Waals surface area contributed by atoms with E-state index in [9.17, 15) is 9.59 Å². The second kappa shape index (κ2) is 9.95. The van der Waals surface area contributed by atoms with Crippen molar-refractivity contribution in [3.05, 3.63) is 0 Å². The molecule has 0 bridgehead atoms. The van der Waals surface area contributed by atoms with E-state index in [1.165, 1.54) is 0 Å². The highest BCUT2D eigenvalue weighted by Gasteiger charge is 2.32. The molecule has 1 atom stereocenters. The van der Waals surface area contributed by atoms with Gasteiger partial charge in [0.2, 0.25) is 5.91 Å². The Morgan fingerprint density at radius 2 is 1.50 bits per heavy atom. The largest absolute Gasteiger partial charge is 0.332 e. The first-order valence-corrected chi connectivity index (χ1v) is 7.85. The van der Waals surface area contributed by atoms with Gasteiger partial charge in [0.25, 0.3) is 0 Å². The van der Waals surface area contributed by atoms with Crippen LogP contribution in [0.3, 0.4) is 0 Å².